The van der Waals surface area contributed by atoms with Crippen molar-refractivity contribution in [2.75, 3.05) is 0 Å². The van der Waals surface area contributed by atoms with Crippen molar-refractivity contribution in [3.05, 3.63) is 35.5 Å². The van der Waals surface area contributed by atoms with E-state index in [9.17, 15) is 23.1 Å². The number of nitrogens with zero attached hydrogens (tertiary/aromatic N) is 2. The number of aromatic hydroxyl groups is 1. The Balaban J connectivity index is 2.03. The molecular formula is C13H7F3N2O4S. The highest BCUT2D eigenvalue weighted by Crippen LogP contribution is 2.33. The second-order valence-electron chi connectivity index (χ2n) is 4.42. The van der Waals surface area contributed by atoms with Gasteiger partial charge >= 0.3 is 12.3 Å². The molecule has 0 radical (unpaired) electrons. The van der Waals surface area contributed by atoms with E-state index in [1.165, 1.54) is 23.0 Å². The number of alkyl halides is 3. The fourth-order valence-electron chi connectivity index (χ4n) is 2.01. The van der Waals surface area contributed by atoms with Crippen LogP contribution in [-0.4, -0.2) is 32.1 Å². The number of carboxylic acids is 1. The Morgan fingerprint density at radius 1 is 1.30 bits per heavy atom. The number of thiophene rings is 1. The van der Waals surface area contributed by atoms with E-state index < -0.39 is 23.8 Å². The summed E-state index contributed by atoms with van der Waals surface area (Å²) >= 11 is 0.817. The molecule has 0 fully saturated rings. The number of halogens is 3. The molecular weight excluding hydrogens is 337 g/mol. The normalized spacial score (nSPS) is 11.8. The van der Waals surface area contributed by atoms with Gasteiger partial charge in [-0.1, -0.05) is 0 Å². The van der Waals surface area contributed by atoms with Gasteiger partial charge in [-0.15, -0.1) is 24.5 Å². The fourth-order valence-corrected chi connectivity index (χ4v) is 2.88. The first-order valence-corrected chi connectivity index (χ1v) is 6.85. The second kappa shape index (κ2) is 5.16. The first kappa shape index (κ1) is 15.2. The maximum Gasteiger partial charge on any atom is 0.573 e. The maximum absolute atomic E-state index is 12.2. The number of carboxylic acid groups (broad SMARTS) is 1. The van der Waals surface area contributed by atoms with Gasteiger partial charge in [0.1, 0.15) is 22.8 Å². The average molecular weight is 344 g/mol. The molecule has 2 heterocycles. The molecule has 3 aromatic rings. The van der Waals surface area contributed by atoms with E-state index >= 15 is 0 Å². The first-order valence-electron chi connectivity index (χ1n) is 6.04. The summed E-state index contributed by atoms with van der Waals surface area (Å²) in [6.07, 6.45) is -3.48. The minimum atomic E-state index is -4.80. The van der Waals surface area contributed by atoms with E-state index in [1.54, 1.807) is 0 Å². The van der Waals surface area contributed by atoms with Crippen molar-refractivity contribution in [2.45, 2.75) is 6.36 Å². The number of hydrogen-bond acceptors (Lipinski definition) is 5. The molecule has 2 N–H and O–H groups in total. The van der Waals surface area contributed by atoms with Gasteiger partial charge in [0, 0.05) is 12.1 Å². The Morgan fingerprint density at radius 3 is 2.65 bits per heavy atom. The summed E-state index contributed by atoms with van der Waals surface area (Å²) in [7, 11) is 0. The molecule has 6 nitrogen and oxygen atoms in total. The molecule has 0 atom stereocenters. The summed E-state index contributed by atoms with van der Waals surface area (Å²) in [5.41, 5.74) is 0.675. The zero-order valence-electron chi connectivity index (χ0n) is 11.0. The standard InChI is InChI=1S/C13H7F3N2O4S/c14-13(15,16)22-6-1-2-8-7(3-6)17-5-18(8)10-4-9(19)11(23-10)12(20)21/h1-5,19H,(H,20,21). The average Bonchev–Trinajstić information content (AvgIpc) is 2.99. The van der Waals surface area contributed by atoms with Crippen LogP contribution in [0.5, 0.6) is 11.5 Å². The number of ether oxygens (including phenoxy) is 1. The van der Waals surface area contributed by atoms with Gasteiger partial charge in [0.15, 0.2) is 4.88 Å². The minimum absolute atomic E-state index is 0.233. The summed E-state index contributed by atoms with van der Waals surface area (Å²) in [6, 6.07) is 4.85. The van der Waals surface area contributed by atoms with Gasteiger partial charge in [-0.05, 0) is 12.1 Å². The lowest BCUT2D eigenvalue weighted by molar-refractivity contribution is -0.274. The van der Waals surface area contributed by atoms with Gasteiger partial charge in [0.05, 0.1) is 11.0 Å². The van der Waals surface area contributed by atoms with Crippen molar-refractivity contribution < 1.29 is 32.9 Å². The summed E-state index contributed by atoms with van der Waals surface area (Å²) in [5.74, 6) is -2.07. The molecule has 0 saturated carbocycles. The molecule has 23 heavy (non-hydrogen) atoms. The number of benzene rings is 1. The lowest BCUT2D eigenvalue weighted by atomic mass is 10.3. The van der Waals surface area contributed by atoms with Crippen LogP contribution < -0.4 is 4.74 Å². The third-order valence-electron chi connectivity index (χ3n) is 2.88. The van der Waals surface area contributed by atoms with Gasteiger partial charge in [0.2, 0.25) is 0 Å². The molecule has 0 spiro atoms. The molecule has 0 bridgehead atoms. The highest BCUT2D eigenvalue weighted by molar-refractivity contribution is 7.16. The molecule has 120 valence electrons. The molecule has 3 rings (SSSR count). The van der Waals surface area contributed by atoms with Crippen LogP contribution in [0.25, 0.3) is 16.0 Å². The molecule has 1 aromatic carbocycles. The van der Waals surface area contributed by atoms with Crippen LogP contribution in [0.15, 0.2) is 30.6 Å². The number of fused-ring (bicyclic) bond motifs is 1. The quantitative estimate of drug-likeness (QED) is 0.761. The van der Waals surface area contributed by atoms with Gasteiger partial charge in [-0.3, -0.25) is 4.57 Å². The van der Waals surface area contributed by atoms with E-state index in [1.807, 2.05) is 0 Å². The van der Waals surface area contributed by atoms with Crippen LogP contribution in [0, 0.1) is 0 Å². The Kier molecular flexibility index (Phi) is 3.40. The summed E-state index contributed by atoms with van der Waals surface area (Å²) in [4.78, 5) is 14.7. The van der Waals surface area contributed by atoms with E-state index in [0.717, 1.165) is 23.5 Å². The van der Waals surface area contributed by atoms with E-state index in [0.29, 0.717) is 10.5 Å². The number of hydrogen-bond donors (Lipinski definition) is 2. The van der Waals surface area contributed by atoms with Crippen molar-refractivity contribution >= 4 is 28.3 Å². The Labute approximate surface area is 130 Å². The summed E-state index contributed by atoms with van der Waals surface area (Å²) in [5, 5.41) is 18.9. The highest BCUT2D eigenvalue weighted by atomic mass is 32.1. The number of rotatable bonds is 3. The van der Waals surface area contributed by atoms with Gasteiger partial charge < -0.3 is 14.9 Å². The topological polar surface area (TPSA) is 84.6 Å². The zero-order valence-corrected chi connectivity index (χ0v) is 11.9. The molecule has 0 saturated heterocycles. The maximum atomic E-state index is 12.2. The Hall–Kier alpha value is -2.75. The van der Waals surface area contributed by atoms with Gasteiger partial charge in [0.25, 0.3) is 0 Å². The lowest BCUT2D eigenvalue weighted by Crippen LogP contribution is -2.17. The Bertz CT molecular complexity index is 900. The zero-order chi connectivity index (χ0) is 16.8. The molecule has 0 aliphatic carbocycles. The van der Waals surface area contributed by atoms with Crippen LogP contribution in [0.3, 0.4) is 0 Å². The summed E-state index contributed by atoms with van der Waals surface area (Å²) < 4.78 is 41.9. The third-order valence-corrected chi connectivity index (χ3v) is 3.99. The first-order chi connectivity index (χ1) is 10.7. The fraction of sp³-hybridized carbons (Fsp3) is 0.0769. The van der Waals surface area contributed by atoms with Crippen LogP contribution in [0.2, 0.25) is 0 Å². The van der Waals surface area contributed by atoms with Crippen LogP contribution >= 0.6 is 11.3 Å². The molecule has 0 unspecified atom stereocenters. The van der Waals surface area contributed by atoms with E-state index in [-0.39, 0.29) is 10.4 Å². The SMILES string of the molecule is O=C(O)c1sc(-n2cnc3cc(OC(F)(F)F)ccc32)cc1O. The van der Waals surface area contributed by atoms with Crippen molar-refractivity contribution in [2.24, 2.45) is 0 Å². The second-order valence-corrected chi connectivity index (χ2v) is 5.45. The Morgan fingerprint density at radius 2 is 2.04 bits per heavy atom. The van der Waals surface area contributed by atoms with Gasteiger partial charge in [-0.25, -0.2) is 9.78 Å². The highest BCUT2D eigenvalue weighted by Gasteiger charge is 2.31. The number of carbonyl (C=O) groups is 1. The minimum Gasteiger partial charge on any atom is -0.506 e. The van der Waals surface area contributed by atoms with E-state index in [4.69, 9.17) is 5.11 Å². The van der Waals surface area contributed by atoms with Crippen molar-refractivity contribution in [3.63, 3.8) is 0 Å². The molecule has 0 aliphatic rings. The smallest absolute Gasteiger partial charge is 0.506 e. The monoisotopic (exact) mass is 344 g/mol. The molecule has 0 aliphatic heterocycles. The van der Waals surface area contributed by atoms with E-state index in [2.05, 4.69) is 9.72 Å². The number of imidazole rings is 1. The predicted molar refractivity (Wildman–Crippen MR) is 74.3 cm³/mol. The summed E-state index contributed by atoms with van der Waals surface area (Å²) in [6.45, 7) is 0. The van der Waals surface area contributed by atoms with Crippen molar-refractivity contribution in [1.82, 2.24) is 9.55 Å². The van der Waals surface area contributed by atoms with Crippen molar-refractivity contribution in [3.8, 4) is 16.5 Å². The number of aromatic nitrogens is 2. The van der Waals surface area contributed by atoms with Crippen LogP contribution in [0.4, 0.5) is 13.2 Å². The number of aromatic carboxylic acids is 1. The molecule has 0 amide bonds. The van der Waals surface area contributed by atoms with Crippen LogP contribution in [0.1, 0.15) is 9.67 Å². The largest absolute Gasteiger partial charge is 0.573 e. The molecule has 10 heteroatoms. The molecule has 2 aromatic heterocycles. The lowest BCUT2D eigenvalue weighted by Gasteiger charge is -2.08. The van der Waals surface area contributed by atoms with Gasteiger partial charge in [-0.2, -0.15) is 0 Å². The third kappa shape index (κ3) is 2.93. The van der Waals surface area contributed by atoms with Crippen molar-refractivity contribution in [1.29, 1.82) is 0 Å². The predicted octanol–water partition coefficient (Wildman–Crippen LogP) is 3.39. The van der Waals surface area contributed by atoms with Crippen LogP contribution in [-0.2, 0) is 0 Å².